The number of amides is 1. The maximum atomic E-state index is 13.0. The molecule has 1 atom stereocenters. The Morgan fingerprint density at radius 2 is 2.02 bits per heavy atom. The van der Waals surface area contributed by atoms with Gasteiger partial charge in [-0.1, -0.05) is 20.8 Å². The number of carbonyl (C=O) groups excluding carboxylic acids is 1. The van der Waals surface area contributed by atoms with Crippen LogP contribution in [0.3, 0.4) is 0 Å². The zero-order valence-corrected chi connectivity index (χ0v) is 25.6. The van der Waals surface area contributed by atoms with Crippen LogP contribution in [0.5, 0.6) is 0 Å². The van der Waals surface area contributed by atoms with Gasteiger partial charge in [-0.15, -0.1) is 16.9 Å². The van der Waals surface area contributed by atoms with E-state index < -0.39 is 0 Å². The predicted octanol–water partition coefficient (Wildman–Crippen LogP) is 3.91. The molecule has 11 heteroatoms. The minimum Gasteiger partial charge on any atom is -0.380 e. The Balaban J connectivity index is 1.22. The van der Waals surface area contributed by atoms with Gasteiger partial charge < -0.3 is 20.4 Å². The highest BCUT2D eigenvalue weighted by molar-refractivity contribution is 7.14. The van der Waals surface area contributed by atoms with Crippen molar-refractivity contribution in [1.82, 2.24) is 25.7 Å². The molecule has 2 aromatic heterocycles. The van der Waals surface area contributed by atoms with E-state index in [4.69, 9.17) is 9.73 Å². The highest BCUT2D eigenvalue weighted by Gasteiger charge is 2.26. The number of aryl methyl sites for hydroxylation is 1. The summed E-state index contributed by atoms with van der Waals surface area (Å²) >= 11 is 1.53. The number of aromatic nitrogens is 1. The van der Waals surface area contributed by atoms with Crippen LogP contribution in [0.15, 0.2) is 53.1 Å². The smallest absolute Gasteiger partial charge is 0.265 e. The normalized spacial score (nSPS) is 19.7. The quantitative estimate of drug-likeness (QED) is 0.386. The van der Waals surface area contributed by atoms with E-state index in [1.807, 2.05) is 43.3 Å². The molecule has 1 fully saturated rings. The molecule has 220 valence electrons. The van der Waals surface area contributed by atoms with Gasteiger partial charge >= 0.3 is 0 Å². The lowest BCUT2D eigenvalue weighted by atomic mass is 9.95. The maximum Gasteiger partial charge on any atom is 0.265 e. The van der Waals surface area contributed by atoms with Crippen molar-refractivity contribution in [1.29, 1.82) is 0 Å². The lowest BCUT2D eigenvalue weighted by Crippen LogP contribution is -2.47. The molecule has 0 aliphatic carbocycles. The fourth-order valence-corrected chi connectivity index (χ4v) is 6.00. The van der Waals surface area contributed by atoms with Gasteiger partial charge in [0.1, 0.15) is 0 Å². The summed E-state index contributed by atoms with van der Waals surface area (Å²) in [6, 6.07) is 5.86. The summed E-state index contributed by atoms with van der Waals surface area (Å²) in [6.45, 7) is 17.7. The van der Waals surface area contributed by atoms with E-state index in [1.54, 1.807) is 6.20 Å². The first-order valence-electron chi connectivity index (χ1n) is 14.4. The Morgan fingerprint density at radius 1 is 1.22 bits per heavy atom. The number of ether oxygens (including phenoxy) is 1. The van der Waals surface area contributed by atoms with Gasteiger partial charge in [0.25, 0.3) is 5.91 Å². The van der Waals surface area contributed by atoms with Crippen molar-refractivity contribution in [2.75, 3.05) is 62.8 Å². The number of allylic oxidation sites excluding steroid dienone is 1. The minimum absolute atomic E-state index is 0.0124. The first kappa shape index (κ1) is 29.2. The Bertz CT molecular complexity index is 1320. The van der Waals surface area contributed by atoms with E-state index >= 15 is 0 Å². The second-order valence-electron chi connectivity index (χ2n) is 11.6. The maximum absolute atomic E-state index is 13.0. The third kappa shape index (κ3) is 7.16. The van der Waals surface area contributed by atoms with Crippen molar-refractivity contribution in [3.63, 3.8) is 0 Å². The molecule has 3 aliphatic heterocycles. The van der Waals surface area contributed by atoms with Gasteiger partial charge in [0.15, 0.2) is 0 Å². The topological polar surface area (TPSA) is 97.4 Å². The van der Waals surface area contributed by atoms with E-state index in [0.717, 1.165) is 63.0 Å². The molecule has 1 saturated heterocycles. The third-order valence-corrected chi connectivity index (χ3v) is 9.04. The molecule has 0 radical (unpaired) electrons. The summed E-state index contributed by atoms with van der Waals surface area (Å²) < 4.78 is 5.52. The lowest BCUT2D eigenvalue weighted by Gasteiger charge is -2.37. The fraction of sp³-hybridized carbons (Fsp3) is 0.500. The second-order valence-corrected chi connectivity index (χ2v) is 12.7. The molecule has 0 spiro atoms. The summed E-state index contributed by atoms with van der Waals surface area (Å²) in [4.78, 5) is 29.0. The molecule has 41 heavy (non-hydrogen) atoms. The monoisotopic (exact) mass is 578 g/mol. The van der Waals surface area contributed by atoms with Gasteiger partial charge in [-0.2, -0.15) is 0 Å². The number of dihydropyridines is 1. The molecular formula is C30H42N8O2S. The van der Waals surface area contributed by atoms with Crippen LogP contribution in [0.25, 0.3) is 0 Å². The highest BCUT2D eigenvalue weighted by atomic mass is 32.1. The van der Waals surface area contributed by atoms with Crippen LogP contribution in [0.4, 0.5) is 11.4 Å². The predicted molar refractivity (Wildman–Crippen MR) is 166 cm³/mol. The number of thiophene rings is 1. The van der Waals surface area contributed by atoms with Crippen molar-refractivity contribution in [3.05, 3.63) is 63.5 Å². The minimum atomic E-state index is -0.126. The number of anilines is 2. The molecule has 0 saturated carbocycles. The van der Waals surface area contributed by atoms with Crippen LogP contribution in [0.1, 0.15) is 47.9 Å². The van der Waals surface area contributed by atoms with Crippen molar-refractivity contribution < 1.29 is 9.53 Å². The third-order valence-electron chi connectivity index (χ3n) is 7.53. The standard InChI is InChI=1S/C30H42N8O2S/c1-6-40-14-13-36-9-11-37(12-10-36)24-15-22(17-31-19-24)25-20-38(35-34-25)26-16-23(18-32-21(26)2)33-29(39)27-7-8-28(41-27)30(3,4)5/h7-8,15-16,18-20,22,34-35H,6,9-14,17H2,1-5H3,(H,33,39). The molecule has 0 bridgehead atoms. The molecule has 1 amide bonds. The van der Waals surface area contributed by atoms with Gasteiger partial charge in [0.2, 0.25) is 0 Å². The van der Waals surface area contributed by atoms with E-state index in [-0.39, 0.29) is 17.2 Å². The number of hydrogen-bond donors (Lipinski definition) is 3. The van der Waals surface area contributed by atoms with Gasteiger partial charge in [0, 0.05) is 62.5 Å². The van der Waals surface area contributed by atoms with Crippen molar-refractivity contribution in [3.8, 4) is 0 Å². The Kier molecular flexibility index (Phi) is 9.08. The largest absolute Gasteiger partial charge is 0.380 e. The van der Waals surface area contributed by atoms with Crippen LogP contribution in [0, 0.1) is 12.8 Å². The van der Waals surface area contributed by atoms with E-state index in [1.165, 1.54) is 21.9 Å². The SMILES string of the molecule is CCOCCN1CCN(C2=CC(C3=CN(c4cc(NC(=O)c5ccc(C(C)(C)C)s5)cnc4C)NN3)CN=C2)CC1. The van der Waals surface area contributed by atoms with E-state index in [0.29, 0.717) is 17.1 Å². The van der Waals surface area contributed by atoms with Crippen molar-refractivity contribution in [2.45, 2.75) is 40.0 Å². The molecule has 2 aromatic rings. The van der Waals surface area contributed by atoms with Gasteiger partial charge in [-0.3, -0.25) is 24.7 Å². The van der Waals surface area contributed by atoms with Crippen LogP contribution in [0.2, 0.25) is 0 Å². The number of aliphatic imine (C=N–C) groups is 1. The van der Waals surface area contributed by atoms with Crippen LogP contribution in [-0.2, 0) is 10.2 Å². The zero-order chi connectivity index (χ0) is 29.0. The molecule has 5 rings (SSSR count). The first-order valence-corrected chi connectivity index (χ1v) is 15.2. The summed E-state index contributed by atoms with van der Waals surface area (Å²) in [7, 11) is 0. The number of pyridine rings is 1. The average Bonchev–Trinajstić information content (AvgIpc) is 3.66. The number of piperazine rings is 1. The van der Waals surface area contributed by atoms with E-state index in [9.17, 15) is 4.79 Å². The van der Waals surface area contributed by atoms with Gasteiger partial charge in [0.05, 0.1) is 52.7 Å². The Morgan fingerprint density at radius 3 is 2.76 bits per heavy atom. The summed E-state index contributed by atoms with van der Waals surface area (Å²) in [6.07, 6.45) is 8.06. The molecule has 0 aromatic carbocycles. The molecule has 5 heterocycles. The average molecular weight is 579 g/mol. The Hall–Kier alpha value is -3.25. The number of hydrogen-bond acceptors (Lipinski definition) is 10. The molecule has 3 N–H and O–H groups in total. The number of hydrazine groups is 2. The van der Waals surface area contributed by atoms with E-state index in [2.05, 4.69) is 64.1 Å². The summed E-state index contributed by atoms with van der Waals surface area (Å²) in [5.41, 5.74) is 11.2. The van der Waals surface area contributed by atoms with Crippen molar-refractivity contribution >= 4 is 34.8 Å². The van der Waals surface area contributed by atoms with Gasteiger partial charge in [-0.05, 0) is 43.5 Å². The number of rotatable bonds is 9. The van der Waals surface area contributed by atoms with Crippen LogP contribution in [-0.4, -0.2) is 79.4 Å². The van der Waals surface area contributed by atoms with Gasteiger partial charge in [-0.25, -0.2) is 0 Å². The number of nitrogens with one attached hydrogen (secondary N) is 3. The number of carbonyl (C=O) groups is 1. The molecule has 10 nitrogen and oxygen atoms in total. The molecule has 1 unspecified atom stereocenters. The second kappa shape index (κ2) is 12.7. The summed E-state index contributed by atoms with van der Waals surface area (Å²) in [5.74, 6) is 0.00850. The Labute approximate surface area is 247 Å². The van der Waals surface area contributed by atoms with Crippen LogP contribution < -0.4 is 21.3 Å². The first-order chi connectivity index (χ1) is 19.7. The number of nitrogens with zero attached hydrogens (tertiary/aromatic N) is 5. The zero-order valence-electron chi connectivity index (χ0n) is 24.7. The van der Waals surface area contributed by atoms with Crippen LogP contribution >= 0.6 is 11.3 Å². The highest BCUT2D eigenvalue weighted by Crippen LogP contribution is 2.31. The molecule has 3 aliphatic rings. The fourth-order valence-electron chi connectivity index (χ4n) is 5.04. The summed E-state index contributed by atoms with van der Waals surface area (Å²) in [5, 5.41) is 4.93. The molecular weight excluding hydrogens is 536 g/mol. The van der Waals surface area contributed by atoms with Crippen molar-refractivity contribution in [2.24, 2.45) is 10.9 Å². The lowest BCUT2D eigenvalue weighted by molar-refractivity contribution is 0.0911.